The van der Waals surface area contributed by atoms with Crippen molar-refractivity contribution < 1.29 is 14.2 Å². The third-order valence-corrected chi connectivity index (χ3v) is 4.30. The highest BCUT2D eigenvalue weighted by atomic mass is 35.5. The Kier molecular flexibility index (Phi) is 6.39. The van der Waals surface area contributed by atoms with Crippen molar-refractivity contribution in [3.05, 3.63) is 53.4 Å². The Morgan fingerprint density at radius 1 is 1.19 bits per heavy atom. The number of hydrogen-bond acceptors (Lipinski definition) is 6. The van der Waals surface area contributed by atoms with E-state index in [2.05, 4.69) is 9.97 Å². The summed E-state index contributed by atoms with van der Waals surface area (Å²) in [4.78, 5) is 10.4. The molecular weight excluding hydrogens is 371 g/mol. The van der Waals surface area contributed by atoms with Crippen LogP contribution in [0.4, 0.5) is 15.8 Å². The largest absolute Gasteiger partial charge is 0.493 e. The molecule has 8 heteroatoms. The number of benzene rings is 1. The molecule has 6 nitrogen and oxygen atoms in total. The lowest BCUT2D eigenvalue weighted by atomic mass is 10.2. The molecule has 27 heavy (non-hydrogen) atoms. The zero-order valence-corrected chi connectivity index (χ0v) is 15.4. The van der Waals surface area contributed by atoms with E-state index in [0.717, 1.165) is 6.42 Å². The van der Waals surface area contributed by atoms with E-state index in [1.807, 2.05) is 4.90 Å². The number of fused-ring (bicyclic) bond motifs is 1. The van der Waals surface area contributed by atoms with Gasteiger partial charge in [0, 0.05) is 31.1 Å². The fraction of sp³-hybridized carbons (Fsp3) is 0.263. The molecule has 0 unspecified atom stereocenters. The number of rotatable bonds is 8. The van der Waals surface area contributed by atoms with Crippen molar-refractivity contribution in [2.45, 2.75) is 6.42 Å². The van der Waals surface area contributed by atoms with E-state index in [1.54, 1.807) is 30.5 Å². The van der Waals surface area contributed by atoms with Gasteiger partial charge in [-0.2, -0.15) is 0 Å². The SMILES string of the molecule is NCCCOCCN(c1ccc(F)c(Cl)c1)c1ccnc2ccc(O)nc12. The lowest BCUT2D eigenvalue weighted by Crippen LogP contribution is -2.23. The molecule has 0 spiro atoms. The molecule has 0 amide bonds. The Labute approximate surface area is 161 Å². The van der Waals surface area contributed by atoms with Crippen molar-refractivity contribution in [1.29, 1.82) is 0 Å². The lowest BCUT2D eigenvalue weighted by molar-refractivity contribution is 0.140. The van der Waals surface area contributed by atoms with Gasteiger partial charge in [0.25, 0.3) is 0 Å². The van der Waals surface area contributed by atoms with Crippen LogP contribution in [0.1, 0.15) is 6.42 Å². The van der Waals surface area contributed by atoms with Gasteiger partial charge in [-0.05, 0) is 43.3 Å². The highest BCUT2D eigenvalue weighted by molar-refractivity contribution is 6.31. The van der Waals surface area contributed by atoms with Crippen LogP contribution < -0.4 is 10.6 Å². The molecule has 142 valence electrons. The number of nitrogens with zero attached hydrogens (tertiary/aromatic N) is 3. The molecule has 0 saturated heterocycles. The van der Waals surface area contributed by atoms with Crippen LogP contribution in [-0.4, -0.2) is 41.4 Å². The second-order valence-corrected chi connectivity index (χ2v) is 6.28. The van der Waals surface area contributed by atoms with Crippen LogP contribution in [0.15, 0.2) is 42.6 Å². The predicted octanol–water partition coefficient (Wildman–Crippen LogP) is 3.63. The van der Waals surface area contributed by atoms with E-state index in [4.69, 9.17) is 22.1 Å². The van der Waals surface area contributed by atoms with Crippen LogP contribution in [0.2, 0.25) is 5.02 Å². The molecule has 0 aliphatic rings. The molecule has 0 atom stereocenters. The van der Waals surface area contributed by atoms with Crippen LogP contribution in [0, 0.1) is 5.82 Å². The number of pyridine rings is 2. The second-order valence-electron chi connectivity index (χ2n) is 5.87. The first-order valence-electron chi connectivity index (χ1n) is 8.55. The molecule has 0 saturated carbocycles. The number of hydrogen-bond donors (Lipinski definition) is 2. The molecule has 3 aromatic rings. The molecule has 0 radical (unpaired) electrons. The normalized spacial score (nSPS) is 11.1. The minimum Gasteiger partial charge on any atom is -0.493 e. The highest BCUT2D eigenvalue weighted by Gasteiger charge is 2.16. The first-order chi connectivity index (χ1) is 13.1. The first-order valence-corrected chi connectivity index (χ1v) is 8.93. The van der Waals surface area contributed by atoms with Crippen molar-refractivity contribution in [1.82, 2.24) is 9.97 Å². The average Bonchev–Trinajstić information content (AvgIpc) is 2.67. The van der Waals surface area contributed by atoms with Gasteiger partial charge < -0.3 is 20.5 Å². The van der Waals surface area contributed by atoms with Crippen molar-refractivity contribution in [2.24, 2.45) is 5.73 Å². The summed E-state index contributed by atoms with van der Waals surface area (Å²) in [6, 6.07) is 9.45. The standard InChI is InChI=1S/C19H20ClFN4O2/c20-14-12-13(2-3-15(14)21)25(9-11-27-10-1-7-22)17-6-8-23-16-4-5-18(26)24-19(16)17/h2-6,8,12H,1,7,9-11,22H2,(H,24,26). The van der Waals surface area contributed by atoms with Crippen molar-refractivity contribution in [2.75, 3.05) is 31.2 Å². The van der Waals surface area contributed by atoms with Gasteiger partial charge in [0.1, 0.15) is 11.3 Å². The molecule has 2 aromatic heterocycles. The Morgan fingerprint density at radius 3 is 2.81 bits per heavy atom. The number of anilines is 2. The summed E-state index contributed by atoms with van der Waals surface area (Å²) in [6.45, 7) is 2.03. The zero-order valence-electron chi connectivity index (χ0n) is 14.6. The summed E-state index contributed by atoms with van der Waals surface area (Å²) in [5.41, 5.74) is 8.03. The summed E-state index contributed by atoms with van der Waals surface area (Å²) in [6.07, 6.45) is 2.43. The Bertz CT molecular complexity index is 925. The van der Waals surface area contributed by atoms with E-state index in [0.29, 0.717) is 48.7 Å². The smallest absolute Gasteiger partial charge is 0.211 e. The quantitative estimate of drug-likeness (QED) is 0.571. The molecule has 1 aromatic carbocycles. The monoisotopic (exact) mass is 390 g/mol. The molecule has 0 bridgehead atoms. The molecule has 0 fully saturated rings. The third-order valence-electron chi connectivity index (χ3n) is 4.01. The van der Waals surface area contributed by atoms with Crippen LogP contribution >= 0.6 is 11.6 Å². The second kappa shape index (κ2) is 8.94. The number of aromatic nitrogens is 2. The number of halogens is 2. The fourth-order valence-electron chi connectivity index (χ4n) is 2.70. The Morgan fingerprint density at radius 2 is 2.04 bits per heavy atom. The number of nitrogens with two attached hydrogens (primary N) is 1. The maximum Gasteiger partial charge on any atom is 0.211 e. The minimum atomic E-state index is -0.491. The van der Waals surface area contributed by atoms with Gasteiger partial charge in [-0.3, -0.25) is 4.98 Å². The van der Waals surface area contributed by atoms with Crippen LogP contribution in [-0.2, 0) is 4.74 Å². The molecule has 0 aliphatic heterocycles. The maximum atomic E-state index is 13.6. The molecule has 3 rings (SSSR count). The van der Waals surface area contributed by atoms with Crippen molar-refractivity contribution in [3.63, 3.8) is 0 Å². The topological polar surface area (TPSA) is 84.5 Å². The van der Waals surface area contributed by atoms with E-state index >= 15 is 0 Å². The van der Waals surface area contributed by atoms with Gasteiger partial charge in [0.15, 0.2) is 0 Å². The minimum absolute atomic E-state index is 0.0238. The van der Waals surface area contributed by atoms with Crippen LogP contribution in [0.5, 0.6) is 5.88 Å². The van der Waals surface area contributed by atoms with E-state index in [1.165, 1.54) is 12.1 Å². The summed E-state index contributed by atoms with van der Waals surface area (Å²) in [5, 5.41) is 9.82. The number of aromatic hydroxyl groups is 1. The van der Waals surface area contributed by atoms with Crippen LogP contribution in [0.3, 0.4) is 0 Å². The summed E-state index contributed by atoms with van der Waals surface area (Å²) < 4.78 is 19.2. The van der Waals surface area contributed by atoms with Gasteiger partial charge in [-0.25, -0.2) is 9.37 Å². The van der Waals surface area contributed by atoms with Gasteiger partial charge in [0.2, 0.25) is 5.88 Å². The van der Waals surface area contributed by atoms with E-state index < -0.39 is 5.82 Å². The number of ether oxygens (including phenoxy) is 1. The Hall–Kier alpha value is -2.48. The van der Waals surface area contributed by atoms with Crippen LogP contribution in [0.25, 0.3) is 11.0 Å². The van der Waals surface area contributed by atoms with Crippen molar-refractivity contribution in [3.8, 4) is 5.88 Å². The van der Waals surface area contributed by atoms with E-state index in [9.17, 15) is 9.50 Å². The third kappa shape index (κ3) is 4.63. The summed E-state index contributed by atoms with van der Waals surface area (Å²) in [7, 11) is 0. The first kappa shape index (κ1) is 19.3. The molecule has 0 aliphatic carbocycles. The molecule has 3 N–H and O–H groups in total. The lowest BCUT2D eigenvalue weighted by Gasteiger charge is -2.26. The summed E-state index contributed by atoms with van der Waals surface area (Å²) >= 11 is 5.98. The zero-order chi connectivity index (χ0) is 19.2. The predicted molar refractivity (Wildman–Crippen MR) is 104 cm³/mol. The average molecular weight is 391 g/mol. The van der Waals surface area contributed by atoms with Crippen molar-refractivity contribution >= 4 is 34.0 Å². The molecule has 2 heterocycles. The van der Waals surface area contributed by atoms with Gasteiger partial charge in [0.05, 0.1) is 22.8 Å². The maximum absolute atomic E-state index is 13.6. The van der Waals surface area contributed by atoms with Gasteiger partial charge in [-0.15, -0.1) is 0 Å². The van der Waals surface area contributed by atoms with E-state index in [-0.39, 0.29) is 10.9 Å². The fourth-order valence-corrected chi connectivity index (χ4v) is 2.88. The van der Waals surface area contributed by atoms with Gasteiger partial charge >= 0.3 is 0 Å². The Balaban J connectivity index is 1.98. The molecular formula is C19H20ClFN4O2. The van der Waals surface area contributed by atoms with Gasteiger partial charge in [-0.1, -0.05) is 11.6 Å². The highest BCUT2D eigenvalue weighted by Crippen LogP contribution is 2.33. The summed E-state index contributed by atoms with van der Waals surface area (Å²) in [5.74, 6) is -0.594.